The zero-order valence-corrected chi connectivity index (χ0v) is 14.6. The maximum Gasteiger partial charge on any atom is 0.172 e. The van der Waals surface area contributed by atoms with Crippen LogP contribution in [-0.4, -0.2) is 48.5 Å². The van der Waals surface area contributed by atoms with E-state index in [9.17, 15) is 8.42 Å². The van der Waals surface area contributed by atoms with Gasteiger partial charge in [-0.3, -0.25) is 0 Å². The van der Waals surface area contributed by atoms with Crippen LogP contribution >= 0.6 is 0 Å². The molecule has 2 saturated heterocycles. The van der Waals surface area contributed by atoms with Crippen LogP contribution in [0.4, 0.5) is 11.6 Å². The molecule has 4 fully saturated rings. The average Bonchev–Trinajstić information content (AvgIpc) is 2.99. The molecule has 1 aromatic rings. The van der Waals surface area contributed by atoms with Crippen molar-refractivity contribution in [1.29, 1.82) is 0 Å². The summed E-state index contributed by atoms with van der Waals surface area (Å²) in [6.07, 6.45) is 9.72. The summed E-state index contributed by atoms with van der Waals surface area (Å²) in [5.41, 5.74) is 0. The fourth-order valence-electron chi connectivity index (χ4n) is 5.28. The molecule has 130 valence electrons. The van der Waals surface area contributed by atoms with Crippen LogP contribution in [0.15, 0.2) is 12.4 Å². The van der Waals surface area contributed by atoms with E-state index in [1.54, 1.807) is 12.4 Å². The predicted octanol–water partition coefficient (Wildman–Crippen LogP) is 1.70. The van der Waals surface area contributed by atoms with E-state index in [4.69, 9.17) is 0 Å². The van der Waals surface area contributed by atoms with E-state index in [2.05, 4.69) is 20.2 Å². The summed E-state index contributed by atoms with van der Waals surface area (Å²) in [6.45, 7) is 1.54. The van der Waals surface area contributed by atoms with Crippen molar-refractivity contribution < 1.29 is 8.42 Å². The average molecular weight is 348 g/mol. The Kier molecular flexibility index (Phi) is 3.30. The monoisotopic (exact) mass is 348 g/mol. The summed E-state index contributed by atoms with van der Waals surface area (Å²) >= 11 is 0. The normalized spacial score (nSPS) is 38.8. The summed E-state index contributed by atoms with van der Waals surface area (Å²) in [6, 6.07) is 0.0701. The van der Waals surface area contributed by atoms with Gasteiger partial charge in [0.2, 0.25) is 0 Å². The van der Waals surface area contributed by atoms with E-state index < -0.39 is 9.84 Å². The molecule has 2 saturated carbocycles. The van der Waals surface area contributed by atoms with Crippen molar-refractivity contribution in [2.45, 2.75) is 43.4 Å². The van der Waals surface area contributed by atoms with Crippen molar-refractivity contribution in [3.05, 3.63) is 12.4 Å². The second kappa shape index (κ2) is 5.31. The van der Waals surface area contributed by atoms with Gasteiger partial charge < -0.3 is 10.2 Å². The number of hydrogen-bond acceptors (Lipinski definition) is 6. The zero-order chi connectivity index (χ0) is 16.3. The van der Waals surface area contributed by atoms with Crippen LogP contribution in [0, 0.1) is 17.8 Å². The van der Waals surface area contributed by atoms with E-state index in [1.165, 1.54) is 25.7 Å². The van der Waals surface area contributed by atoms with Gasteiger partial charge in [-0.25, -0.2) is 18.4 Å². The minimum Gasteiger partial charge on any atom is -0.367 e. The third kappa shape index (κ3) is 2.31. The number of anilines is 2. The lowest BCUT2D eigenvalue weighted by atomic mass is 10.0. The molecular weight excluding hydrogens is 324 g/mol. The van der Waals surface area contributed by atoms with Gasteiger partial charge in [0.15, 0.2) is 21.5 Å². The first kappa shape index (κ1) is 14.9. The molecule has 6 nitrogen and oxygen atoms in total. The van der Waals surface area contributed by atoms with Crippen molar-refractivity contribution in [3.8, 4) is 0 Å². The number of nitrogens with zero attached hydrogens (tertiary/aromatic N) is 3. The summed E-state index contributed by atoms with van der Waals surface area (Å²) in [5, 5.41) is 3.31. The summed E-state index contributed by atoms with van der Waals surface area (Å²) in [4.78, 5) is 11.2. The molecular formula is C17H24N4O2S. The maximum absolute atomic E-state index is 12.0. The molecule has 5 atom stereocenters. The molecule has 0 spiro atoms. The highest BCUT2D eigenvalue weighted by molar-refractivity contribution is 7.92. The second-order valence-electron chi connectivity index (χ2n) is 7.88. The molecule has 1 aromatic heterocycles. The summed E-state index contributed by atoms with van der Waals surface area (Å²) < 4.78 is 23.9. The van der Waals surface area contributed by atoms with E-state index in [1.807, 2.05) is 0 Å². The molecule has 2 aliphatic heterocycles. The van der Waals surface area contributed by atoms with Crippen molar-refractivity contribution in [3.63, 3.8) is 0 Å². The van der Waals surface area contributed by atoms with Crippen LogP contribution in [0.5, 0.6) is 0 Å². The predicted molar refractivity (Wildman–Crippen MR) is 92.8 cm³/mol. The highest BCUT2D eigenvalue weighted by Crippen LogP contribution is 2.55. The minimum absolute atomic E-state index is 0.0701. The lowest BCUT2D eigenvalue weighted by molar-refractivity contribution is 0.480. The van der Waals surface area contributed by atoms with E-state index >= 15 is 0 Å². The highest BCUT2D eigenvalue weighted by Gasteiger charge is 2.51. The quantitative estimate of drug-likeness (QED) is 0.893. The number of aromatic nitrogens is 2. The molecule has 2 aliphatic carbocycles. The number of sulfone groups is 1. The Morgan fingerprint density at radius 2 is 1.92 bits per heavy atom. The molecule has 0 aromatic carbocycles. The Labute approximate surface area is 143 Å². The van der Waals surface area contributed by atoms with Gasteiger partial charge in [0.1, 0.15) is 0 Å². The van der Waals surface area contributed by atoms with Crippen LogP contribution in [-0.2, 0) is 9.84 Å². The SMILES string of the molecule is O=S1(=O)C[C@@H]2C[C@H]1CN2c1nccnc1NCC1[C@H]2CCCC[C@@H]12. The Morgan fingerprint density at radius 1 is 1.17 bits per heavy atom. The number of fused-ring (bicyclic) bond motifs is 3. The number of nitrogens with one attached hydrogen (secondary N) is 1. The Bertz CT molecular complexity index is 741. The van der Waals surface area contributed by atoms with Crippen LogP contribution in [0.1, 0.15) is 32.1 Å². The molecule has 1 N–H and O–H groups in total. The number of hydrogen-bond donors (Lipinski definition) is 1. The second-order valence-corrected chi connectivity index (χ2v) is 10.2. The van der Waals surface area contributed by atoms with Gasteiger partial charge in [0.25, 0.3) is 0 Å². The fraction of sp³-hybridized carbons (Fsp3) is 0.765. The Balaban J connectivity index is 1.30. The maximum atomic E-state index is 12.0. The molecule has 7 heteroatoms. The van der Waals surface area contributed by atoms with Crippen LogP contribution in [0.25, 0.3) is 0 Å². The fourth-order valence-corrected chi connectivity index (χ4v) is 7.31. The van der Waals surface area contributed by atoms with Gasteiger partial charge in [-0.15, -0.1) is 0 Å². The van der Waals surface area contributed by atoms with Gasteiger partial charge >= 0.3 is 0 Å². The van der Waals surface area contributed by atoms with Crippen molar-refractivity contribution in [2.75, 3.05) is 29.1 Å². The van der Waals surface area contributed by atoms with E-state index in [0.717, 1.165) is 42.4 Å². The first-order chi connectivity index (χ1) is 11.6. The van der Waals surface area contributed by atoms with Crippen molar-refractivity contribution in [1.82, 2.24) is 9.97 Å². The molecule has 24 heavy (non-hydrogen) atoms. The van der Waals surface area contributed by atoms with Gasteiger partial charge in [0, 0.05) is 31.5 Å². The van der Waals surface area contributed by atoms with Crippen LogP contribution < -0.4 is 10.2 Å². The molecule has 5 rings (SSSR count). The molecule has 2 bridgehead atoms. The van der Waals surface area contributed by atoms with Gasteiger partial charge in [-0.1, -0.05) is 12.8 Å². The standard InChI is InChI=1S/C17H24N4O2S/c22-24(23)10-11-7-12(24)9-21(11)17-16(18-5-6-19-17)20-8-15-13-3-1-2-4-14(13)15/h5-6,11-15H,1-4,7-10H2,(H,18,20)/t11-,12-,13-,14+,15?/m0/s1. The van der Waals surface area contributed by atoms with Gasteiger partial charge in [-0.05, 0) is 37.0 Å². The molecule has 0 radical (unpaired) electrons. The van der Waals surface area contributed by atoms with Gasteiger partial charge in [0.05, 0.1) is 11.0 Å². The molecule has 1 unspecified atom stereocenters. The van der Waals surface area contributed by atoms with Crippen LogP contribution in [0.2, 0.25) is 0 Å². The van der Waals surface area contributed by atoms with E-state index in [0.29, 0.717) is 6.54 Å². The molecule has 3 heterocycles. The minimum atomic E-state index is -2.88. The Morgan fingerprint density at radius 3 is 2.58 bits per heavy atom. The zero-order valence-electron chi connectivity index (χ0n) is 13.8. The van der Waals surface area contributed by atoms with Gasteiger partial charge in [-0.2, -0.15) is 0 Å². The number of rotatable bonds is 4. The van der Waals surface area contributed by atoms with E-state index in [-0.39, 0.29) is 17.0 Å². The topological polar surface area (TPSA) is 75.2 Å². The molecule has 4 aliphatic rings. The summed E-state index contributed by atoms with van der Waals surface area (Å²) in [5.74, 6) is 4.55. The van der Waals surface area contributed by atoms with Crippen molar-refractivity contribution in [2.24, 2.45) is 17.8 Å². The largest absolute Gasteiger partial charge is 0.367 e. The lowest BCUT2D eigenvalue weighted by Crippen LogP contribution is -2.41. The molecule has 0 amide bonds. The third-order valence-electron chi connectivity index (χ3n) is 6.60. The van der Waals surface area contributed by atoms with Crippen LogP contribution in [0.3, 0.4) is 0 Å². The van der Waals surface area contributed by atoms with Crippen molar-refractivity contribution >= 4 is 21.5 Å². The first-order valence-corrected chi connectivity index (χ1v) is 10.9. The lowest BCUT2D eigenvalue weighted by Gasteiger charge is -2.29. The Hall–Kier alpha value is -1.37. The smallest absolute Gasteiger partial charge is 0.172 e. The third-order valence-corrected chi connectivity index (χ3v) is 8.81. The highest BCUT2D eigenvalue weighted by atomic mass is 32.2. The first-order valence-electron chi connectivity index (χ1n) is 9.16. The summed E-state index contributed by atoms with van der Waals surface area (Å²) in [7, 11) is -2.88.